The van der Waals surface area contributed by atoms with Crippen LogP contribution < -0.4 is 9.80 Å². The molecule has 328 valence electrons. The molecule has 0 amide bonds. The van der Waals surface area contributed by atoms with E-state index in [1.54, 1.807) is 0 Å². The molecule has 0 bridgehead atoms. The van der Waals surface area contributed by atoms with Gasteiger partial charge < -0.3 is 14.2 Å². The Kier molecular flexibility index (Phi) is 9.42. The molecule has 12 aromatic rings. The number of nitrogens with zero attached hydrogens (tertiary/aromatic N) is 2. The van der Waals surface area contributed by atoms with Crippen LogP contribution in [0.25, 0.3) is 76.9 Å². The lowest BCUT2D eigenvalue weighted by Crippen LogP contribution is -2.25. The van der Waals surface area contributed by atoms with Gasteiger partial charge >= 0.3 is 0 Å². The van der Waals surface area contributed by atoms with Gasteiger partial charge in [0.2, 0.25) is 0 Å². The van der Waals surface area contributed by atoms with Gasteiger partial charge in [-0.25, -0.2) is 0 Å². The minimum atomic E-state index is -0.321. The van der Waals surface area contributed by atoms with Crippen LogP contribution in [0.15, 0.2) is 241 Å². The summed E-state index contributed by atoms with van der Waals surface area (Å²) in [6.07, 6.45) is 0. The fraction of sp³-hybridized carbons (Fsp3) is 0.0606. The SMILES string of the molecule is Cc1c2c3c(cccc3c3cc(N(c4ccccc4-c4ccccc4)c4ccccc4-c4ccccc4)ccc13)C(C)(C)c1cc(N(c3ccccc3)c3cccc4c3oc3ccccc34)ccc1-2. The van der Waals surface area contributed by atoms with Gasteiger partial charge in [0.25, 0.3) is 0 Å². The highest BCUT2D eigenvalue weighted by molar-refractivity contribution is 6.20. The van der Waals surface area contributed by atoms with E-state index in [2.05, 4.69) is 261 Å². The average molecular weight is 885 g/mol. The van der Waals surface area contributed by atoms with Gasteiger partial charge in [-0.15, -0.1) is 0 Å². The fourth-order valence-corrected chi connectivity index (χ4v) is 11.4. The first kappa shape index (κ1) is 40.6. The lowest BCUT2D eigenvalue weighted by Gasteiger charge is -2.37. The third kappa shape index (κ3) is 6.42. The Morgan fingerprint density at radius 2 is 0.913 bits per heavy atom. The second-order valence-electron chi connectivity index (χ2n) is 18.8. The first-order chi connectivity index (χ1) is 33.9. The van der Waals surface area contributed by atoms with Crippen molar-refractivity contribution in [2.75, 3.05) is 9.80 Å². The number of fused-ring (bicyclic) bond motifs is 7. The first-order valence-electron chi connectivity index (χ1n) is 23.9. The standard InChI is InChI=1S/C66H48N2O/c1-43-49-39-37-47(68(59-33-16-13-27-50(59)44-21-7-4-8-22-44)60-34-17-14-28-51(60)45-23-9-5-10-24-45)41-56(49)53-30-19-32-57-64(53)63(43)55-40-38-48(42-58(55)66(57,2)3)67(46-25-11-6-12-26-46)61-35-20-31-54-52-29-15-18-36-62(52)69-65(54)61/h4-42H,1-3H3. The summed E-state index contributed by atoms with van der Waals surface area (Å²) < 4.78 is 6.68. The highest BCUT2D eigenvalue weighted by Crippen LogP contribution is 2.55. The van der Waals surface area contributed by atoms with Crippen LogP contribution in [0.3, 0.4) is 0 Å². The van der Waals surface area contributed by atoms with E-state index in [1.165, 1.54) is 71.6 Å². The molecule has 0 aliphatic heterocycles. The first-order valence-corrected chi connectivity index (χ1v) is 23.9. The Balaban J connectivity index is 1.02. The van der Waals surface area contributed by atoms with Gasteiger partial charge in [-0.3, -0.25) is 0 Å². The largest absolute Gasteiger partial charge is 0.454 e. The van der Waals surface area contributed by atoms with Gasteiger partial charge in [0, 0.05) is 44.4 Å². The number of hydrogen-bond donors (Lipinski definition) is 0. The second-order valence-corrected chi connectivity index (χ2v) is 18.8. The molecule has 11 aromatic carbocycles. The molecule has 1 aliphatic carbocycles. The van der Waals surface area contributed by atoms with Crippen molar-refractivity contribution in [3.8, 4) is 33.4 Å². The Morgan fingerprint density at radius 1 is 0.362 bits per heavy atom. The number of aryl methyl sites for hydroxylation is 1. The molecular weight excluding hydrogens is 837 g/mol. The van der Waals surface area contributed by atoms with Gasteiger partial charge in [0.05, 0.1) is 17.1 Å². The lowest BCUT2D eigenvalue weighted by atomic mass is 9.67. The predicted molar refractivity (Wildman–Crippen MR) is 291 cm³/mol. The zero-order chi connectivity index (χ0) is 46.2. The van der Waals surface area contributed by atoms with Crippen molar-refractivity contribution in [3.63, 3.8) is 0 Å². The van der Waals surface area contributed by atoms with Gasteiger partial charge in [-0.1, -0.05) is 190 Å². The van der Waals surface area contributed by atoms with E-state index in [0.717, 1.165) is 56.1 Å². The minimum absolute atomic E-state index is 0.321. The third-order valence-electron chi connectivity index (χ3n) is 14.6. The monoisotopic (exact) mass is 884 g/mol. The molecule has 3 heteroatoms. The maximum absolute atomic E-state index is 6.68. The van der Waals surface area contributed by atoms with Gasteiger partial charge in [0.1, 0.15) is 5.58 Å². The maximum atomic E-state index is 6.68. The fourth-order valence-electron chi connectivity index (χ4n) is 11.4. The summed E-state index contributed by atoms with van der Waals surface area (Å²) >= 11 is 0. The van der Waals surface area contributed by atoms with Crippen molar-refractivity contribution < 1.29 is 4.42 Å². The molecule has 13 rings (SSSR count). The Labute approximate surface area is 402 Å². The smallest absolute Gasteiger partial charge is 0.159 e. The summed E-state index contributed by atoms with van der Waals surface area (Å²) in [5, 5.41) is 7.33. The summed E-state index contributed by atoms with van der Waals surface area (Å²) in [6.45, 7) is 7.13. The summed E-state index contributed by atoms with van der Waals surface area (Å²) in [5.74, 6) is 0. The lowest BCUT2D eigenvalue weighted by molar-refractivity contribution is 0.645. The van der Waals surface area contributed by atoms with Crippen molar-refractivity contribution >= 4 is 77.6 Å². The molecule has 0 saturated heterocycles. The van der Waals surface area contributed by atoms with Crippen LogP contribution in [0.4, 0.5) is 34.1 Å². The summed E-state index contributed by atoms with van der Waals surface area (Å²) in [7, 11) is 0. The molecule has 1 aliphatic rings. The van der Waals surface area contributed by atoms with Crippen molar-refractivity contribution in [2.45, 2.75) is 26.2 Å². The van der Waals surface area contributed by atoms with Crippen LogP contribution in [-0.4, -0.2) is 0 Å². The number of para-hydroxylation sites is 5. The Bertz CT molecular complexity index is 3860. The van der Waals surface area contributed by atoms with Crippen LogP contribution in [0.5, 0.6) is 0 Å². The van der Waals surface area contributed by atoms with Crippen LogP contribution in [0, 0.1) is 6.92 Å². The average Bonchev–Trinajstić information content (AvgIpc) is 3.79. The van der Waals surface area contributed by atoms with Crippen molar-refractivity contribution in [2.24, 2.45) is 0 Å². The second kappa shape index (κ2) is 16.0. The molecule has 69 heavy (non-hydrogen) atoms. The topological polar surface area (TPSA) is 19.6 Å². The summed E-state index contributed by atoms with van der Waals surface area (Å²) in [6, 6.07) is 85.9. The molecular formula is C66H48N2O. The Morgan fingerprint density at radius 3 is 1.62 bits per heavy atom. The van der Waals surface area contributed by atoms with Crippen molar-refractivity contribution in [1.82, 2.24) is 0 Å². The molecule has 1 heterocycles. The zero-order valence-electron chi connectivity index (χ0n) is 38.8. The molecule has 1 aromatic heterocycles. The molecule has 3 nitrogen and oxygen atoms in total. The highest BCUT2D eigenvalue weighted by atomic mass is 16.3. The number of anilines is 6. The van der Waals surface area contributed by atoms with Crippen molar-refractivity contribution in [1.29, 1.82) is 0 Å². The van der Waals surface area contributed by atoms with Crippen LogP contribution >= 0.6 is 0 Å². The Hall–Kier alpha value is -8.66. The zero-order valence-corrected chi connectivity index (χ0v) is 38.8. The normalized spacial score (nSPS) is 12.7. The molecule has 0 N–H and O–H groups in total. The molecule has 0 atom stereocenters. The number of hydrogen-bond acceptors (Lipinski definition) is 3. The predicted octanol–water partition coefficient (Wildman–Crippen LogP) is 18.8. The van der Waals surface area contributed by atoms with E-state index in [1.807, 2.05) is 6.07 Å². The van der Waals surface area contributed by atoms with Crippen molar-refractivity contribution in [3.05, 3.63) is 253 Å². The van der Waals surface area contributed by atoms with Gasteiger partial charge in [0.15, 0.2) is 5.58 Å². The van der Waals surface area contributed by atoms with Gasteiger partial charge in [-0.05, 0) is 128 Å². The molecule has 0 fully saturated rings. The number of rotatable bonds is 8. The molecule has 0 spiro atoms. The maximum Gasteiger partial charge on any atom is 0.159 e. The third-order valence-corrected chi connectivity index (χ3v) is 14.6. The number of furan rings is 1. The van der Waals surface area contributed by atoms with E-state index in [9.17, 15) is 0 Å². The van der Waals surface area contributed by atoms with Crippen LogP contribution in [0.2, 0.25) is 0 Å². The van der Waals surface area contributed by atoms with E-state index < -0.39 is 0 Å². The van der Waals surface area contributed by atoms with Crippen LogP contribution in [0.1, 0.15) is 30.5 Å². The van der Waals surface area contributed by atoms with Gasteiger partial charge in [-0.2, -0.15) is 0 Å². The van der Waals surface area contributed by atoms with E-state index in [-0.39, 0.29) is 5.41 Å². The summed E-state index contributed by atoms with van der Waals surface area (Å²) in [5.41, 5.74) is 19.2. The van der Waals surface area contributed by atoms with E-state index >= 15 is 0 Å². The highest BCUT2D eigenvalue weighted by Gasteiger charge is 2.36. The molecule has 0 unspecified atom stereocenters. The summed E-state index contributed by atoms with van der Waals surface area (Å²) in [4.78, 5) is 4.84. The van der Waals surface area contributed by atoms with E-state index in [4.69, 9.17) is 4.42 Å². The van der Waals surface area contributed by atoms with Crippen LogP contribution in [-0.2, 0) is 5.41 Å². The number of benzene rings is 11. The quantitative estimate of drug-likeness (QED) is 0.142. The van der Waals surface area contributed by atoms with E-state index in [0.29, 0.717) is 0 Å². The minimum Gasteiger partial charge on any atom is -0.454 e. The molecule has 0 saturated carbocycles. The molecule has 0 radical (unpaired) electrons.